The van der Waals surface area contributed by atoms with Crippen LogP contribution < -0.4 is 0 Å². The fourth-order valence-corrected chi connectivity index (χ4v) is 10.8. The Morgan fingerprint density at radius 2 is 2.00 bits per heavy atom. The number of ether oxygens (including phenoxy) is 3. The molecule has 6 rings (SSSR count). The van der Waals surface area contributed by atoms with Crippen molar-refractivity contribution in [3.63, 3.8) is 0 Å². The predicted molar refractivity (Wildman–Crippen MR) is 117 cm³/mol. The molecule has 6 aliphatic rings. The van der Waals surface area contributed by atoms with Gasteiger partial charge in [0.1, 0.15) is 12.2 Å². The number of hydrogen-bond donors (Lipinski definition) is 2. The fraction of sp³-hybridized carbons (Fsp3) is 0.960. The zero-order chi connectivity index (χ0) is 23.3. The topological polar surface area (TPSA) is 97.7 Å². The van der Waals surface area contributed by atoms with Crippen molar-refractivity contribution < 1.29 is 34.3 Å². The van der Waals surface area contributed by atoms with Crippen LogP contribution in [0.5, 0.6) is 0 Å². The third-order valence-electron chi connectivity index (χ3n) is 11.3. The molecule has 186 valence electrons. The van der Waals surface area contributed by atoms with Crippen LogP contribution in [0.15, 0.2) is 0 Å². The molecule has 33 heavy (non-hydrogen) atoms. The first kappa shape index (κ1) is 22.7. The van der Waals surface area contributed by atoms with Gasteiger partial charge in [0.15, 0.2) is 0 Å². The minimum Gasteiger partial charge on any atom is -0.462 e. The maximum absolute atomic E-state index is 12.5. The number of carbonyl (C=O) groups is 1. The first-order valence-corrected chi connectivity index (χ1v) is 12.8. The second kappa shape index (κ2) is 7.37. The molecule has 6 unspecified atom stereocenters. The second-order valence-electron chi connectivity index (χ2n) is 11.9. The van der Waals surface area contributed by atoms with Crippen molar-refractivity contribution in [3.05, 3.63) is 0 Å². The van der Waals surface area contributed by atoms with Crippen LogP contribution in [0.4, 0.5) is 0 Å². The number of esters is 1. The smallest absolute Gasteiger partial charge is 0.302 e. The third-order valence-corrected chi connectivity index (χ3v) is 11.3. The zero-order valence-corrected chi connectivity index (χ0v) is 20.2. The lowest BCUT2D eigenvalue weighted by Gasteiger charge is -2.69. The van der Waals surface area contributed by atoms with Gasteiger partial charge < -0.3 is 19.3 Å². The van der Waals surface area contributed by atoms with Crippen LogP contribution in [0.25, 0.3) is 0 Å². The van der Waals surface area contributed by atoms with Gasteiger partial charge in [-0.1, -0.05) is 6.92 Å². The van der Waals surface area contributed by atoms with E-state index in [-0.39, 0.29) is 52.6 Å². The highest BCUT2D eigenvalue weighted by Crippen LogP contribution is 2.79. The van der Waals surface area contributed by atoms with E-state index in [1.54, 1.807) is 7.11 Å². The quantitative estimate of drug-likeness (QED) is 0.349. The van der Waals surface area contributed by atoms with Crippen LogP contribution >= 0.6 is 0 Å². The van der Waals surface area contributed by atoms with Crippen LogP contribution in [0, 0.1) is 40.4 Å². The number of likely N-dealkylation sites (tertiary alicyclic amines) is 1. The van der Waals surface area contributed by atoms with Crippen LogP contribution in [0.3, 0.4) is 0 Å². The average molecular weight is 466 g/mol. The summed E-state index contributed by atoms with van der Waals surface area (Å²) in [5, 5.41) is 22.4. The first-order valence-electron chi connectivity index (χ1n) is 12.8. The van der Waals surface area contributed by atoms with Crippen molar-refractivity contribution in [1.82, 2.24) is 4.90 Å². The normalized spacial score (nSPS) is 56.1. The number of hydrogen-bond acceptors (Lipinski definition) is 8. The Morgan fingerprint density at radius 1 is 1.21 bits per heavy atom. The summed E-state index contributed by atoms with van der Waals surface area (Å²) in [7, 11) is 3.65. The molecule has 5 saturated carbocycles. The van der Waals surface area contributed by atoms with Crippen molar-refractivity contribution >= 4 is 5.97 Å². The molecule has 6 fully saturated rings. The largest absolute Gasteiger partial charge is 0.462 e. The predicted octanol–water partition coefficient (Wildman–Crippen LogP) is 1.95. The third kappa shape index (κ3) is 2.50. The maximum Gasteiger partial charge on any atom is 0.302 e. The van der Waals surface area contributed by atoms with Crippen molar-refractivity contribution in [3.8, 4) is 0 Å². The molecule has 1 heterocycles. The highest BCUT2D eigenvalue weighted by atomic mass is 17.1. The summed E-state index contributed by atoms with van der Waals surface area (Å²) in [5.74, 6) is -0.0503. The number of fused-ring (bicyclic) bond motifs is 2. The van der Waals surface area contributed by atoms with Crippen LogP contribution in [-0.4, -0.2) is 85.1 Å². The molecule has 0 amide bonds. The Labute approximate surface area is 195 Å². The second-order valence-corrected chi connectivity index (χ2v) is 11.9. The molecule has 8 heteroatoms. The lowest BCUT2D eigenvalue weighted by molar-refractivity contribution is -0.327. The van der Waals surface area contributed by atoms with E-state index in [9.17, 15) is 15.2 Å². The molecule has 1 aliphatic heterocycles. The highest BCUT2D eigenvalue weighted by Gasteiger charge is 2.84. The van der Waals surface area contributed by atoms with Crippen molar-refractivity contribution in [2.24, 2.45) is 40.4 Å². The molecule has 12 atom stereocenters. The Bertz CT molecular complexity index is 825. The van der Waals surface area contributed by atoms with E-state index in [0.29, 0.717) is 12.3 Å². The van der Waals surface area contributed by atoms with E-state index >= 15 is 0 Å². The van der Waals surface area contributed by atoms with E-state index < -0.39 is 17.8 Å². The molecule has 7 bridgehead atoms. The molecule has 5 aliphatic carbocycles. The Balaban J connectivity index is 1.57. The van der Waals surface area contributed by atoms with Gasteiger partial charge in [0, 0.05) is 68.7 Å². The lowest BCUT2D eigenvalue weighted by atomic mass is 9.43. The molecule has 2 N–H and O–H groups in total. The summed E-state index contributed by atoms with van der Waals surface area (Å²) < 4.78 is 18.1. The minimum absolute atomic E-state index is 0.0212. The summed E-state index contributed by atoms with van der Waals surface area (Å²) in [6.45, 7) is 6.29. The first-order chi connectivity index (χ1) is 15.8. The summed E-state index contributed by atoms with van der Waals surface area (Å²) in [6, 6.07) is 0.211. The van der Waals surface area contributed by atoms with Crippen molar-refractivity contribution in [2.45, 2.75) is 75.9 Å². The molecule has 1 saturated heterocycles. The number of piperidine rings is 1. The van der Waals surface area contributed by atoms with E-state index in [2.05, 4.69) is 11.8 Å². The van der Waals surface area contributed by atoms with E-state index in [1.807, 2.05) is 7.11 Å². The Kier molecular flexibility index (Phi) is 5.06. The van der Waals surface area contributed by atoms with Gasteiger partial charge in [-0.15, -0.1) is 0 Å². The molecule has 0 aromatic heterocycles. The summed E-state index contributed by atoms with van der Waals surface area (Å²) >= 11 is 0. The molecule has 8 nitrogen and oxygen atoms in total. The molecule has 0 radical (unpaired) electrons. The van der Waals surface area contributed by atoms with Gasteiger partial charge in [-0.2, -0.15) is 0 Å². The molecule has 0 aromatic carbocycles. The molecular weight excluding hydrogens is 426 g/mol. The summed E-state index contributed by atoms with van der Waals surface area (Å²) in [5.41, 5.74) is -1.13. The van der Waals surface area contributed by atoms with Crippen LogP contribution in [0.1, 0.15) is 46.0 Å². The summed E-state index contributed by atoms with van der Waals surface area (Å²) in [6.07, 6.45) is 3.27. The van der Waals surface area contributed by atoms with Crippen molar-refractivity contribution in [2.75, 3.05) is 33.9 Å². The van der Waals surface area contributed by atoms with Gasteiger partial charge >= 0.3 is 5.97 Å². The highest BCUT2D eigenvalue weighted by molar-refractivity contribution is 5.66. The monoisotopic (exact) mass is 465 g/mol. The Morgan fingerprint density at radius 3 is 2.64 bits per heavy atom. The average Bonchev–Trinajstić information content (AvgIpc) is 3.22. The number of methoxy groups -OCH3 is 2. The van der Waals surface area contributed by atoms with Gasteiger partial charge in [0.05, 0.1) is 18.3 Å². The fourth-order valence-electron chi connectivity index (χ4n) is 10.8. The van der Waals surface area contributed by atoms with E-state index in [0.717, 1.165) is 45.4 Å². The van der Waals surface area contributed by atoms with Gasteiger partial charge in [-0.25, -0.2) is 4.89 Å². The summed E-state index contributed by atoms with van der Waals surface area (Å²) in [4.78, 5) is 19.7. The van der Waals surface area contributed by atoms with Gasteiger partial charge in [-0.3, -0.25) is 15.0 Å². The van der Waals surface area contributed by atoms with E-state index in [4.69, 9.17) is 19.1 Å². The molecule has 0 aromatic rings. The SMILES string of the molecule is CCN1C[C@]2(COC)CC[C@H](OC)[C@@]34C5C[C@@H]6C(OO)C[C@](O)(C(CC23)C14)C5[C@H]6OC(C)=O. The maximum atomic E-state index is 12.5. The van der Waals surface area contributed by atoms with Crippen molar-refractivity contribution in [1.29, 1.82) is 0 Å². The molecular formula is C25H39NO7. The number of nitrogens with zero attached hydrogens (tertiary/aromatic N) is 1. The lowest BCUT2D eigenvalue weighted by Crippen LogP contribution is -2.76. The molecule has 1 spiro atoms. The zero-order valence-electron chi connectivity index (χ0n) is 20.2. The Hall–Kier alpha value is -0.770. The van der Waals surface area contributed by atoms with Gasteiger partial charge in [0.25, 0.3) is 0 Å². The van der Waals surface area contributed by atoms with E-state index in [1.165, 1.54) is 6.92 Å². The van der Waals surface area contributed by atoms with Gasteiger partial charge in [-0.05, 0) is 44.1 Å². The minimum atomic E-state index is -1.05. The number of carbonyl (C=O) groups excluding carboxylic acids is 1. The number of rotatable bonds is 6. The van der Waals surface area contributed by atoms with Crippen LogP contribution in [-0.2, 0) is 23.9 Å². The number of aliphatic hydroxyl groups is 1. The van der Waals surface area contributed by atoms with Crippen LogP contribution in [0.2, 0.25) is 0 Å². The standard InChI is InChI=1S/C25H39NO7/c1-5-26-11-23(12-30-3)7-6-19(31-4)25-15-8-14-17(33-29)10-24(28,16(22(25)26)9-18(23)25)20(15)21(14)32-13(2)27/h14-22,28-29H,5-12H2,1-4H3/t14-,15?,16?,17?,18?,19+,20?,21+,22?,23+,24+,25-/m1/s1. The van der Waals surface area contributed by atoms with Gasteiger partial charge in [0.2, 0.25) is 0 Å².